The highest BCUT2D eigenvalue weighted by molar-refractivity contribution is 5.55. The molecular weight excluding hydrogens is 901 g/mol. The normalized spacial score (nSPS) is 8.28. The summed E-state index contributed by atoms with van der Waals surface area (Å²) >= 11 is 0. The summed E-state index contributed by atoms with van der Waals surface area (Å²) in [6, 6.07) is 17.0. The van der Waals surface area contributed by atoms with Gasteiger partial charge in [-0.05, 0) is 42.5 Å². The Bertz CT molecular complexity index is 1730. The van der Waals surface area contributed by atoms with Crippen LogP contribution >= 0.6 is 0 Å². The number of hydrogen-bond acceptors (Lipinski definition) is 18. The van der Waals surface area contributed by atoms with E-state index < -0.39 is 0 Å². The van der Waals surface area contributed by atoms with Crippen LogP contribution in [0.2, 0.25) is 0 Å². The molecule has 0 radical (unpaired) electrons. The van der Waals surface area contributed by atoms with Gasteiger partial charge in [-0.3, -0.25) is 15.0 Å². The zero-order chi connectivity index (χ0) is 55.2. The van der Waals surface area contributed by atoms with Gasteiger partial charge in [0, 0.05) is 96.4 Å². The summed E-state index contributed by atoms with van der Waals surface area (Å²) in [5.41, 5.74) is 0. The van der Waals surface area contributed by atoms with Crippen LogP contribution in [-0.4, -0.2) is 98.0 Å². The molecule has 0 unspecified atom stereocenters. The third-order valence-electron chi connectivity index (χ3n) is 7.40. The van der Waals surface area contributed by atoms with Gasteiger partial charge in [0.15, 0.2) is 17.5 Å². The first kappa shape index (κ1) is 70.5. The maximum absolute atomic E-state index is 4.22. The summed E-state index contributed by atoms with van der Waals surface area (Å²) < 4.78 is 0. The van der Waals surface area contributed by atoms with E-state index in [2.05, 4.69) is 69.8 Å². The molecule has 392 valence electrons. The van der Waals surface area contributed by atoms with E-state index >= 15 is 0 Å². The minimum atomic E-state index is 0.744. The molecule has 72 heavy (non-hydrogen) atoms. The predicted octanol–water partition coefficient (Wildman–Crippen LogP) is 13.6. The van der Waals surface area contributed by atoms with Gasteiger partial charge in [-0.2, -0.15) is 0 Å². The van der Waals surface area contributed by atoms with Gasteiger partial charge in [-0.15, -0.1) is 0 Å². The summed E-state index contributed by atoms with van der Waals surface area (Å²) in [5, 5.41) is 0. The lowest BCUT2D eigenvalue weighted by atomic mass is 10.4. The van der Waals surface area contributed by atoms with Crippen molar-refractivity contribution in [2.75, 3.05) is 47.8 Å². The summed E-state index contributed by atoms with van der Waals surface area (Å²) in [5.74, 6) is 6.43. The fourth-order valence-corrected chi connectivity index (χ4v) is 4.41. The summed E-state index contributed by atoms with van der Waals surface area (Å²) in [6.45, 7) is 32.0. The molecule has 8 aromatic rings. The smallest absolute Gasteiger partial charge is 0.152 e. The molecule has 0 N–H and O–H groups in total. The number of aromatic nitrogens is 14. The lowest BCUT2D eigenvalue weighted by Crippen LogP contribution is -2.12. The molecule has 0 aliphatic rings. The van der Waals surface area contributed by atoms with Crippen LogP contribution in [0.1, 0.15) is 111 Å². The zero-order valence-corrected chi connectivity index (χ0v) is 47.1. The number of anilines is 8. The summed E-state index contributed by atoms with van der Waals surface area (Å²) in [4.78, 5) is 64.3. The second kappa shape index (κ2) is 52.4. The molecule has 18 nitrogen and oxygen atoms in total. The highest BCUT2D eigenvalue weighted by atomic mass is 15.2. The molecule has 8 heterocycles. The third-order valence-corrected chi connectivity index (χ3v) is 7.40. The van der Waals surface area contributed by atoms with E-state index in [-0.39, 0.29) is 0 Å². The van der Waals surface area contributed by atoms with Gasteiger partial charge in [-0.1, -0.05) is 123 Å². The summed E-state index contributed by atoms with van der Waals surface area (Å²) in [7, 11) is 7.59. The van der Waals surface area contributed by atoms with Gasteiger partial charge in [0.1, 0.15) is 48.1 Å². The molecule has 0 aliphatic heterocycles. The standard InChI is InChI=1S/2C10H10N4.2C9H9N5.8C2H6/c1-14(9-4-2-3-6-12-9)10-5-7-11-8-13-10;1-14(9-4-2-3-5-12-9)10-8-11-6-7-13-10;1-14(8-6-10-2-4-12-8)9-7-11-3-5-13-9;1-14(8-2-4-10-6-12-8)9-3-5-11-7-13-9;8*1-2/h2*2-8H,1H3;2*2-7H,1H3;8*1-2H3. The molecule has 0 spiro atoms. The lowest BCUT2D eigenvalue weighted by molar-refractivity contribution is 1.03. The predicted molar refractivity (Wildman–Crippen MR) is 304 cm³/mol. The van der Waals surface area contributed by atoms with Crippen molar-refractivity contribution in [2.45, 2.75) is 111 Å². The van der Waals surface area contributed by atoms with Crippen LogP contribution in [0.4, 0.5) is 46.5 Å². The van der Waals surface area contributed by atoms with E-state index in [9.17, 15) is 0 Å². The fraction of sp³-hybridized carbons (Fsp3) is 0.370. The monoisotopic (exact) mass is 987 g/mol. The molecule has 0 saturated heterocycles. The average Bonchev–Trinajstić information content (AvgIpc) is 3.52. The van der Waals surface area contributed by atoms with Crippen LogP contribution in [0.3, 0.4) is 0 Å². The molecular formula is C54H86N18. The zero-order valence-electron chi connectivity index (χ0n) is 47.1. The molecule has 8 rings (SSSR count). The van der Waals surface area contributed by atoms with Crippen LogP contribution in [-0.2, 0) is 0 Å². The average molecular weight is 987 g/mol. The number of hydrogen-bond donors (Lipinski definition) is 0. The minimum Gasteiger partial charge on any atom is -0.314 e. The topological polar surface area (TPSA) is 193 Å². The molecule has 0 saturated carbocycles. The van der Waals surface area contributed by atoms with Crippen molar-refractivity contribution in [3.63, 3.8) is 0 Å². The molecule has 0 amide bonds. The maximum Gasteiger partial charge on any atom is 0.152 e. The van der Waals surface area contributed by atoms with Crippen molar-refractivity contribution in [3.8, 4) is 0 Å². The first-order valence-electron chi connectivity index (χ1n) is 24.8. The second-order valence-electron chi connectivity index (χ2n) is 11.0. The molecule has 0 atom stereocenters. The second-order valence-corrected chi connectivity index (χ2v) is 11.0. The van der Waals surface area contributed by atoms with E-state index in [0.29, 0.717) is 0 Å². The molecule has 0 aromatic carbocycles. The Morgan fingerprint density at radius 3 is 0.667 bits per heavy atom. The van der Waals surface area contributed by atoms with Crippen molar-refractivity contribution in [3.05, 3.63) is 160 Å². The molecule has 18 heteroatoms. The van der Waals surface area contributed by atoms with Crippen molar-refractivity contribution in [1.29, 1.82) is 0 Å². The van der Waals surface area contributed by atoms with E-state index in [1.54, 1.807) is 86.8 Å². The Morgan fingerprint density at radius 2 is 0.458 bits per heavy atom. The van der Waals surface area contributed by atoms with Gasteiger partial charge < -0.3 is 19.6 Å². The number of nitrogens with zero attached hydrogens (tertiary/aromatic N) is 18. The van der Waals surface area contributed by atoms with E-state index in [0.717, 1.165) is 46.5 Å². The molecule has 8 aromatic heterocycles. The minimum absolute atomic E-state index is 0.744. The highest BCUT2D eigenvalue weighted by Gasteiger charge is 2.07. The van der Waals surface area contributed by atoms with Crippen LogP contribution < -0.4 is 19.6 Å². The van der Waals surface area contributed by atoms with Crippen LogP contribution in [0.25, 0.3) is 0 Å². The van der Waals surface area contributed by atoms with Crippen molar-refractivity contribution < 1.29 is 0 Å². The van der Waals surface area contributed by atoms with Gasteiger partial charge >= 0.3 is 0 Å². The van der Waals surface area contributed by atoms with Crippen LogP contribution in [0.5, 0.6) is 0 Å². The van der Waals surface area contributed by atoms with Gasteiger partial charge in [0.2, 0.25) is 0 Å². The Morgan fingerprint density at radius 1 is 0.222 bits per heavy atom. The van der Waals surface area contributed by atoms with E-state index in [1.807, 2.05) is 213 Å². The van der Waals surface area contributed by atoms with Gasteiger partial charge in [0.25, 0.3) is 0 Å². The first-order valence-corrected chi connectivity index (χ1v) is 24.8. The van der Waals surface area contributed by atoms with Crippen LogP contribution in [0.15, 0.2) is 160 Å². The first-order chi connectivity index (χ1) is 35.5. The Kier molecular flexibility index (Phi) is 51.3. The van der Waals surface area contributed by atoms with Crippen molar-refractivity contribution in [1.82, 2.24) is 69.8 Å². The number of rotatable bonds is 8. The Balaban J connectivity index is -0.000000391. The summed E-state index contributed by atoms with van der Waals surface area (Å²) in [6.07, 6.45) is 28.1. The largest absolute Gasteiger partial charge is 0.314 e. The molecule has 0 bridgehead atoms. The molecule has 0 fully saturated rings. The van der Waals surface area contributed by atoms with Crippen molar-refractivity contribution in [2.24, 2.45) is 0 Å². The van der Waals surface area contributed by atoms with Gasteiger partial charge in [0.05, 0.1) is 18.6 Å². The highest BCUT2D eigenvalue weighted by Crippen LogP contribution is 2.19. The van der Waals surface area contributed by atoms with E-state index in [4.69, 9.17) is 0 Å². The Hall–Kier alpha value is -8.02. The SMILES string of the molecule is CC.CC.CC.CC.CC.CC.CC.CC.CN(c1ccccn1)c1ccncn1.CN(c1ccccn1)c1cnccn1.CN(c1ccncn1)c1ccncn1.CN(c1cnccn1)c1cnccn1. The van der Waals surface area contributed by atoms with Crippen LogP contribution in [0, 0.1) is 0 Å². The Labute approximate surface area is 433 Å². The fourth-order valence-electron chi connectivity index (χ4n) is 4.41. The lowest BCUT2D eigenvalue weighted by Gasteiger charge is -2.15. The third kappa shape index (κ3) is 29.8. The number of pyridine rings is 2. The van der Waals surface area contributed by atoms with Gasteiger partial charge in [-0.25, -0.2) is 54.8 Å². The maximum atomic E-state index is 4.22. The van der Waals surface area contributed by atoms with E-state index in [1.165, 1.54) is 19.0 Å². The molecule has 0 aliphatic carbocycles. The quantitative estimate of drug-likeness (QED) is 0.139. The van der Waals surface area contributed by atoms with Crippen molar-refractivity contribution >= 4 is 46.5 Å².